The summed E-state index contributed by atoms with van der Waals surface area (Å²) in [6.07, 6.45) is 0.152. The Bertz CT molecular complexity index is 1660. The Morgan fingerprint density at radius 1 is 1.16 bits per heavy atom. The zero-order valence-corrected chi connectivity index (χ0v) is 25.0. The van der Waals surface area contributed by atoms with Crippen LogP contribution < -0.4 is 10.2 Å². The van der Waals surface area contributed by atoms with Gasteiger partial charge in [0, 0.05) is 44.0 Å². The summed E-state index contributed by atoms with van der Waals surface area (Å²) in [4.78, 5) is 29.1. The van der Waals surface area contributed by atoms with Crippen LogP contribution in [0.3, 0.4) is 0 Å². The van der Waals surface area contributed by atoms with E-state index in [0.29, 0.717) is 43.1 Å². The molecule has 1 aromatic heterocycles. The van der Waals surface area contributed by atoms with Crippen LogP contribution in [-0.4, -0.2) is 50.6 Å². The highest BCUT2D eigenvalue weighted by atomic mass is 19.4. The number of alkyl halides is 3. The average Bonchev–Trinajstić information content (AvgIpc) is 3.54. The van der Waals surface area contributed by atoms with Crippen molar-refractivity contribution < 1.29 is 22.8 Å². The number of likely N-dealkylation sites (tertiary alicyclic amines) is 1. The van der Waals surface area contributed by atoms with Gasteiger partial charge in [-0.2, -0.15) is 13.2 Å². The molecule has 0 spiro atoms. The minimum atomic E-state index is -4.60. The molecule has 1 saturated carbocycles. The van der Waals surface area contributed by atoms with Crippen molar-refractivity contribution in [3.63, 3.8) is 0 Å². The predicted molar refractivity (Wildman–Crippen MR) is 158 cm³/mol. The van der Waals surface area contributed by atoms with Gasteiger partial charge in [-0.25, -0.2) is 0 Å². The van der Waals surface area contributed by atoms with Crippen molar-refractivity contribution in [1.82, 2.24) is 25.0 Å². The number of hydrogen-bond donors (Lipinski definition) is 1. The first-order valence-corrected chi connectivity index (χ1v) is 14.9. The molecule has 6 rings (SSSR count). The Morgan fingerprint density at radius 3 is 2.55 bits per heavy atom. The highest BCUT2D eigenvalue weighted by Gasteiger charge is 2.48. The molecule has 2 amide bonds. The quantitative estimate of drug-likeness (QED) is 0.409. The molecule has 0 unspecified atom stereocenters. The van der Waals surface area contributed by atoms with Gasteiger partial charge in [-0.15, -0.1) is 10.2 Å². The van der Waals surface area contributed by atoms with Crippen LogP contribution in [0.2, 0.25) is 0 Å². The number of benzene rings is 2. The molecular formula is C33H35F3N6O2. The molecule has 3 aliphatic rings. The van der Waals surface area contributed by atoms with E-state index in [0.717, 1.165) is 24.2 Å². The zero-order valence-electron chi connectivity index (χ0n) is 25.0. The van der Waals surface area contributed by atoms with Gasteiger partial charge in [0.1, 0.15) is 12.2 Å². The van der Waals surface area contributed by atoms with Gasteiger partial charge >= 0.3 is 6.18 Å². The second kappa shape index (κ2) is 11.4. The number of hydrogen-bond acceptors (Lipinski definition) is 5. The molecule has 11 heteroatoms. The van der Waals surface area contributed by atoms with E-state index in [9.17, 15) is 22.8 Å². The molecule has 2 fully saturated rings. The number of nitrogens with one attached hydrogen (secondary N) is 1. The first-order valence-electron chi connectivity index (χ1n) is 14.9. The Hall–Kier alpha value is -4.17. The van der Waals surface area contributed by atoms with Gasteiger partial charge in [0.2, 0.25) is 0 Å². The number of anilines is 1. The molecule has 2 aliphatic heterocycles. The van der Waals surface area contributed by atoms with E-state index >= 15 is 0 Å². The lowest BCUT2D eigenvalue weighted by atomic mass is 9.58. The predicted octanol–water partition coefficient (Wildman–Crippen LogP) is 4.81. The molecule has 8 nitrogen and oxygen atoms in total. The van der Waals surface area contributed by atoms with Crippen molar-refractivity contribution in [2.75, 3.05) is 18.0 Å². The third-order valence-electron chi connectivity index (χ3n) is 9.22. The van der Waals surface area contributed by atoms with Gasteiger partial charge in [0.05, 0.1) is 17.5 Å². The molecule has 1 aliphatic carbocycles. The van der Waals surface area contributed by atoms with E-state index in [1.807, 2.05) is 29.8 Å². The number of amides is 2. The van der Waals surface area contributed by atoms with Crippen LogP contribution in [0.5, 0.6) is 0 Å². The van der Waals surface area contributed by atoms with E-state index in [-0.39, 0.29) is 41.6 Å². The van der Waals surface area contributed by atoms with Gasteiger partial charge in [-0.1, -0.05) is 25.0 Å². The van der Waals surface area contributed by atoms with Crippen molar-refractivity contribution in [2.45, 2.75) is 70.3 Å². The van der Waals surface area contributed by atoms with Crippen molar-refractivity contribution in [1.29, 1.82) is 0 Å². The minimum absolute atomic E-state index is 0.00962. The van der Waals surface area contributed by atoms with Crippen LogP contribution in [-0.2, 0) is 36.5 Å². The second-order valence-corrected chi connectivity index (χ2v) is 12.4. The minimum Gasteiger partial charge on any atom is -0.342 e. The van der Waals surface area contributed by atoms with Crippen LogP contribution >= 0.6 is 0 Å². The van der Waals surface area contributed by atoms with Crippen LogP contribution in [0.15, 0.2) is 42.7 Å². The SMILES string of the molecule is CC#CC(=O)NC1CCN(Cc2cc3c(c(C(F)(F)F)c2)CN(c2cccc(C4(c5nncn5C)CC(C)C4)c2)C3=O)CC1. The number of carbonyl (C=O) groups is 2. The van der Waals surface area contributed by atoms with E-state index in [4.69, 9.17) is 0 Å². The van der Waals surface area contributed by atoms with Gasteiger partial charge in [-0.3, -0.25) is 14.5 Å². The highest BCUT2D eigenvalue weighted by molar-refractivity contribution is 6.10. The fourth-order valence-corrected chi connectivity index (χ4v) is 7.21. The van der Waals surface area contributed by atoms with E-state index in [1.165, 1.54) is 11.0 Å². The molecule has 1 N–H and O–H groups in total. The van der Waals surface area contributed by atoms with Gasteiger partial charge in [0.15, 0.2) is 0 Å². The van der Waals surface area contributed by atoms with Crippen LogP contribution in [0.1, 0.15) is 78.0 Å². The number of halogens is 3. The Morgan fingerprint density at radius 2 is 1.91 bits per heavy atom. The summed E-state index contributed by atoms with van der Waals surface area (Å²) in [6.45, 7) is 5.14. The van der Waals surface area contributed by atoms with Crippen molar-refractivity contribution in [3.8, 4) is 11.8 Å². The maximum atomic E-state index is 14.4. The number of rotatable bonds is 6. The van der Waals surface area contributed by atoms with E-state index in [2.05, 4.69) is 39.2 Å². The smallest absolute Gasteiger partial charge is 0.342 e. The second-order valence-electron chi connectivity index (χ2n) is 12.4. The molecule has 44 heavy (non-hydrogen) atoms. The van der Waals surface area contributed by atoms with Crippen LogP contribution in [0.25, 0.3) is 0 Å². The highest BCUT2D eigenvalue weighted by Crippen LogP contribution is 2.52. The summed E-state index contributed by atoms with van der Waals surface area (Å²) < 4.78 is 45.1. The summed E-state index contributed by atoms with van der Waals surface area (Å²) in [5.74, 6) is 5.62. The third-order valence-corrected chi connectivity index (χ3v) is 9.22. The number of nitrogens with zero attached hydrogens (tertiary/aromatic N) is 5. The largest absolute Gasteiger partial charge is 0.416 e. The number of piperidine rings is 1. The van der Waals surface area contributed by atoms with Gasteiger partial charge in [0.25, 0.3) is 11.8 Å². The van der Waals surface area contributed by atoms with Crippen LogP contribution in [0, 0.1) is 17.8 Å². The number of aromatic nitrogens is 3. The fourth-order valence-electron chi connectivity index (χ4n) is 7.21. The van der Waals surface area contributed by atoms with E-state index < -0.39 is 17.6 Å². The normalized spacial score (nSPS) is 22.3. The topological polar surface area (TPSA) is 83.4 Å². The zero-order chi connectivity index (χ0) is 31.2. The molecular weight excluding hydrogens is 569 g/mol. The Kier molecular flexibility index (Phi) is 7.74. The lowest BCUT2D eigenvalue weighted by Crippen LogP contribution is -2.44. The standard InChI is InChI=1S/C33H35F3N6O2/c1-4-6-29(43)38-24-9-11-41(12-10-24)18-22-13-26-27(28(14-22)33(34,35)36)19-42(30(26)44)25-8-5-7-23(15-25)32(16-21(2)17-32)31-39-37-20-40(31)3/h5,7-8,13-15,20-21,24H,9-12,16-19H2,1-3H3,(H,38,43). The summed E-state index contributed by atoms with van der Waals surface area (Å²) in [7, 11) is 1.91. The lowest BCUT2D eigenvalue weighted by Gasteiger charge is -2.46. The fraction of sp³-hybridized carbons (Fsp3) is 0.455. The van der Waals surface area contributed by atoms with E-state index in [1.54, 1.807) is 25.4 Å². The Balaban J connectivity index is 1.25. The Labute approximate surface area is 254 Å². The van der Waals surface area contributed by atoms with Gasteiger partial charge in [-0.05, 0) is 85.4 Å². The first-order chi connectivity index (χ1) is 21.0. The number of fused-ring (bicyclic) bond motifs is 1. The number of aryl methyl sites for hydroxylation is 1. The molecule has 3 aromatic rings. The molecule has 0 bridgehead atoms. The molecule has 0 atom stereocenters. The molecule has 0 radical (unpaired) electrons. The maximum absolute atomic E-state index is 14.4. The summed E-state index contributed by atoms with van der Waals surface area (Å²) >= 11 is 0. The summed E-state index contributed by atoms with van der Waals surface area (Å²) in [6, 6.07) is 10.4. The van der Waals surface area contributed by atoms with Crippen molar-refractivity contribution in [3.05, 3.63) is 76.4 Å². The summed E-state index contributed by atoms with van der Waals surface area (Å²) in [5.41, 5.74) is 0.976. The molecule has 3 heterocycles. The lowest BCUT2D eigenvalue weighted by molar-refractivity contribution is -0.138. The third kappa shape index (κ3) is 5.47. The van der Waals surface area contributed by atoms with Gasteiger partial charge < -0.3 is 14.8 Å². The first kappa shape index (κ1) is 29.9. The number of carbonyl (C=O) groups excluding carboxylic acids is 2. The molecule has 1 saturated heterocycles. The van der Waals surface area contributed by atoms with Crippen molar-refractivity contribution in [2.24, 2.45) is 13.0 Å². The average molecular weight is 605 g/mol. The molecule has 2 aromatic carbocycles. The summed E-state index contributed by atoms with van der Waals surface area (Å²) in [5, 5.41) is 11.4. The molecule has 230 valence electrons. The van der Waals surface area contributed by atoms with Crippen LogP contribution in [0.4, 0.5) is 18.9 Å². The monoisotopic (exact) mass is 604 g/mol. The maximum Gasteiger partial charge on any atom is 0.416 e. The van der Waals surface area contributed by atoms with Crippen molar-refractivity contribution >= 4 is 17.5 Å².